The van der Waals surface area contributed by atoms with Crippen LogP contribution in [-0.4, -0.2) is 11.9 Å². The van der Waals surface area contributed by atoms with Crippen molar-refractivity contribution in [2.45, 2.75) is 60.5 Å². The van der Waals surface area contributed by atoms with Crippen molar-refractivity contribution in [3.05, 3.63) is 23.5 Å². The van der Waals surface area contributed by atoms with Crippen molar-refractivity contribution in [2.75, 3.05) is 0 Å². The number of ether oxygens (including phenoxy) is 1. The van der Waals surface area contributed by atoms with Crippen LogP contribution in [0, 0.1) is 22.2 Å². The van der Waals surface area contributed by atoms with Crippen molar-refractivity contribution < 1.29 is 9.53 Å². The van der Waals surface area contributed by atoms with Gasteiger partial charge in [-0.1, -0.05) is 39.3 Å². The molecular formula is C18H26O2. The average molecular weight is 274 g/mol. The van der Waals surface area contributed by atoms with E-state index in [9.17, 15) is 4.79 Å². The lowest BCUT2D eigenvalue weighted by Gasteiger charge is -2.33. The first-order valence-electron chi connectivity index (χ1n) is 7.77. The minimum atomic E-state index is -0.301. The molecule has 0 N–H and O–H groups in total. The molecule has 3 aliphatic carbocycles. The number of allylic oxidation sites excluding steroid dienone is 4. The van der Waals surface area contributed by atoms with E-state index in [1.165, 1.54) is 12.0 Å². The number of carbonyl (C=O) groups is 1. The smallest absolute Gasteiger partial charge is 0.204 e. The van der Waals surface area contributed by atoms with Gasteiger partial charge in [0.25, 0.3) is 0 Å². The van der Waals surface area contributed by atoms with Crippen LogP contribution in [0.3, 0.4) is 0 Å². The van der Waals surface area contributed by atoms with E-state index in [0.717, 1.165) is 6.42 Å². The Hall–Kier alpha value is -1.05. The van der Waals surface area contributed by atoms with Crippen molar-refractivity contribution >= 4 is 5.78 Å². The first kappa shape index (κ1) is 13.9. The van der Waals surface area contributed by atoms with Crippen molar-refractivity contribution in [3.63, 3.8) is 0 Å². The van der Waals surface area contributed by atoms with Crippen LogP contribution in [0.5, 0.6) is 0 Å². The molecular weight excluding hydrogens is 248 g/mol. The second-order valence-corrected chi connectivity index (χ2v) is 8.23. The van der Waals surface area contributed by atoms with Crippen LogP contribution in [0.15, 0.2) is 23.5 Å². The SMILES string of the molecule is CC(C)OC1=C[C@@]2(C)C3=CC(C)(C)C[C@@H]3C[C@@]2(C)C1=O. The fourth-order valence-corrected chi connectivity index (χ4v) is 4.63. The molecule has 0 spiro atoms. The molecule has 0 unspecified atom stereocenters. The monoisotopic (exact) mass is 274 g/mol. The maximum Gasteiger partial charge on any atom is 0.204 e. The van der Waals surface area contributed by atoms with Crippen molar-refractivity contribution in [1.82, 2.24) is 0 Å². The highest BCUT2D eigenvalue weighted by Gasteiger charge is 2.65. The first-order chi connectivity index (χ1) is 9.09. The average Bonchev–Trinajstić information content (AvgIpc) is 2.75. The molecule has 0 aromatic heterocycles. The molecule has 110 valence electrons. The first-order valence-corrected chi connectivity index (χ1v) is 7.77. The van der Waals surface area contributed by atoms with Gasteiger partial charge < -0.3 is 4.74 Å². The zero-order chi connectivity index (χ0) is 14.9. The number of Topliss-reactive ketones (excluding diaryl/α,β-unsaturated/α-hetero) is 1. The molecule has 0 radical (unpaired) electrons. The van der Waals surface area contributed by atoms with Gasteiger partial charge in [0.15, 0.2) is 5.76 Å². The largest absolute Gasteiger partial charge is 0.488 e. The van der Waals surface area contributed by atoms with E-state index in [4.69, 9.17) is 4.74 Å². The predicted octanol–water partition coefficient (Wildman–Crippen LogP) is 4.27. The van der Waals surface area contributed by atoms with Crippen LogP contribution in [0.25, 0.3) is 0 Å². The highest BCUT2D eigenvalue weighted by molar-refractivity contribution is 6.03. The molecule has 1 saturated carbocycles. The molecule has 0 aromatic carbocycles. The van der Waals surface area contributed by atoms with Gasteiger partial charge in [-0.15, -0.1) is 0 Å². The summed E-state index contributed by atoms with van der Waals surface area (Å²) in [5.74, 6) is 1.37. The van der Waals surface area contributed by atoms with Crippen LogP contribution < -0.4 is 0 Å². The highest BCUT2D eigenvalue weighted by Crippen LogP contribution is 2.68. The van der Waals surface area contributed by atoms with Gasteiger partial charge in [-0.05, 0) is 44.1 Å². The summed E-state index contributed by atoms with van der Waals surface area (Å²) in [6.45, 7) is 12.9. The molecule has 0 amide bonds. The Labute approximate surface area is 122 Å². The molecule has 0 saturated heterocycles. The van der Waals surface area contributed by atoms with Gasteiger partial charge in [0.05, 0.1) is 6.10 Å². The van der Waals surface area contributed by atoms with E-state index in [1.54, 1.807) is 0 Å². The number of ketones is 1. The fourth-order valence-electron chi connectivity index (χ4n) is 4.63. The van der Waals surface area contributed by atoms with Crippen LogP contribution >= 0.6 is 0 Å². The van der Waals surface area contributed by atoms with Gasteiger partial charge >= 0.3 is 0 Å². The number of fused-ring (bicyclic) bond motifs is 3. The van der Waals surface area contributed by atoms with Gasteiger partial charge in [0.1, 0.15) is 0 Å². The molecule has 0 aliphatic heterocycles. The Morgan fingerprint density at radius 2 is 1.80 bits per heavy atom. The number of hydrogen-bond acceptors (Lipinski definition) is 2. The van der Waals surface area contributed by atoms with E-state index in [0.29, 0.717) is 11.7 Å². The Balaban J connectivity index is 2.06. The third-order valence-corrected chi connectivity index (χ3v) is 5.67. The molecule has 20 heavy (non-hydrogen) atoms. The quantitative estimate of drug-likeness (QED) is 0.703. The van der Waals surface area contributed by atoms with E-state index in [-0.39, 0.29) is 28.1 Å². The Bertz CT molecular complexity index is 538. The molecule has 3 aliphatic rings. The second kappa shape index (κ2) is 3.78. The highest BCUT2D eigenvalue weighted by atomic mass is 16.5. The van der Waals surface area contributed by atoms with E-state index in [1.807, 2.05) is 13.8 Å². The van der Waals surface area contributed by atoms with Crippen LogP contribution in [0.1, 0.15) is 54.4 Å². The predicted molar refractivity (Wildman–Crippen MR) is 80.1 cm³/mol. The number of carbonyl (C=O) groups excluding carboxylic acids is 1. The maximum absolute atomic E-state index is 12.8. The Morgan fingerprint density at radius 3 is 2.40 bits per heavy atom. The summed E-state index contributed by atoms with van der Waals surface area (Å²) >= 11 is 0. The summed E-state index contributed by atoms with van der Waals surface area (Å²) in [4.78, 5) is 12.8. The zero-order valence-electron chi connectivity index (χ0n) is 13.5. The lowest BCUT2D eigenvalue weighted by Crippen LogP contribution is -2.35. The third-order valence-electron chi connectivity index (χ3n) is 5.67. The maximum atomic E-state index is 12.8. The van der Waals surface area contributed by atoms with Crippen molar-refractivity contribution in [3.8, 4) is 0 Å². The lowest BCUT2D eigenvalue weighted by atomic mass is 9.68. The minimum Gasteiger partial charge on any atom is -0.488 e. The summed E-state index contributed by atoms with van der Waals surface area (Å²) in [7, 11) is 0. The topological polar surface area (TPSA) is 26.3 Å². The normalized spacial score (nSPS) is 41.5. The summed E-state index contributed by atoms with van der Waals surface area (Å²) in [5, 5.41) is 0. The summed E-state index contributed by atoms with van der Waals surface area (Å²) in [6, 6.07) is 0. The molecule has 0 heterocycles. The molecule has 0 aromatic rings. The molecule has 0 bridgehead atoms. The molecule has 3 atom stereocenters. The Morgan fingerprint density at radius 1 is 1.15 bits per heavy atom. The van der Waals surface area contributed by atoms with Gasteiger partial charge in [0, 0.05) is 10.8 Å². The summed E-state index contributed by atoms with van der Waals surface area (Å²) < 4.78 is 5.77. The van der Waals surface area contributed by atoms with Gasteiger partial charge in [-0.2, -0.15) is 0 Å². The van der Waals surface area contributed by atoms with Gasteiger partial charge in [-0.25, -0.2) is 0 Å². The van der Waals surface area contributed by atoms with E-state index < -0.39 is 0 Å². The van der Waals surface area contributed by atoms with E-state index >= 15 is 0 Å². The standard InChI is InChI=1S/C18H26O2/c1-11(2)20-14-10-17(5)13-9-16(3,4)7-12(13)8-18(17,6)15(14)19/h9-12H,7-8H2,1-6H3/t12-,17+,18+/m1/s1. The number of rotatable bonds is 2. The van der Waals surface area contributed by atoms with Crippen LogP contribution in [-0.2, 0) is 9.53 Å². The fraction of sp³-hybridized carbons (Fsp3) is 0.722. The summed E-state index contributed by atoms with van der Waals surface area (Å²) in [5.41, 5.74) is 1.29. The lowest BCUT2D eigenvalue weighted by molar-refractivity contribution is -0.129. The van der Waals surface area contributed by atoms with Crippen molar-refractivity contribution in [2.24, 2.45) is 22.2 Å². The zero-order valence-corrected chi connectivity index (χ0v) is 13.5. The third kappa shape index (κ3) is 1.60. The van der Waals surface area contributed by atoms with Gasteiger partial charge in [0.2, 0.25) is 5.78 Å². The molecule has 1 fully saturated rings. The van der Waals surface area contributed by atoms with E-state index in [2.05, 4.69) is 39.8 Å². The number of hydrogen-bond donors (Lipinski definition) is 0. The van der Waals surface area contributed by atoms with Crippen LogP contribution in [0.2, 0.25) is 0 Å². The Kier molecular flexibility index (Phi) is 2.63. The molecule has 2 heteroatoms. The van der Waals surface area contributed by atoms with Crippen LogP contribution in [0.4, 0.5) is 0 Å². The minimum absolute atomic E-state index is 0.0565. The summed E-state index contributed by atoms with van der Waals surface area (Å²) in [6.07, 6.45) is 6.74. The molecule has 2 nitrogen and oxygen atoms in total. The van der Waals surface area contributed by atoms with Gasteiger partial charge in [-0.3, -0.25) is 4.79 Å². The second-order valence-electron chi connectivity index (χ2n) is 8.23. The molecule has 3 rings (SSSR count). The van der Waals surface area contributed by atoms with Crippen molar-refractivity contribution in [1.29, 1.82) is 0 Å².